The van der Waals surface area contributed by atoms with Gasteiger partial charge in [0, 0.05) is 62.2 Å². The summed E-state index contributed by atoms with van der Waals surface area (Å²) in [7, 11) is 2.91. The number of fused-ring (bicyclic) bond motifs is 4. The number of allylic oxidation sites excluding steroid dienone is 4. The van der Waals surface area contributed by atoms with Gasteiger partial charge in [-0.05, 0) is 80.5 Å². The molecule has 0 saturated carbocycles. The summed E-state index contributed by atoms with van der Waals surface area (Å²) in [4.78, 5) is 102. The van der Waals surface area contributed by atoms with Crippen molar-refractivity contribution in [2.45, 2.75) is 111 Å². The van der Waals surface area contributed by atoms with Crippen LogP contribution in [0.15, 0.2) is 101 Å². The van der Waals surface area contributed by atoms with Crippen molar-refractivity contribution in [2.24, 2.45) is 10.9 Å². The molecular formula is C65H84N8O17. The number of amides is 7. The first kappa shape index (κ1) is 68.9. The van der Waals surface area contributed by atoms with E-state index in [0.29, 0.717) is 99.4 Å². The van der Waals surface area contributed by atoms with Crippen LogP contribution in [-0.4, -0.2) is 180 Å². The zero-order chi connectivity index (χ0) is 64.7. The van der Waals surface area contributed by atoms with E-state index >= 15 is 0 Å². The Balaban J connectivity index is 0.888. The highest BCUT2D eigenvalue weighted by atomic mass is 16.6. The molecule has 486 valence electrons. The summed E-state index contributed by atoms with van der Waals surface area (Å²) in [6, 6.07) is 9.66. The standard InChI is InChI=1S/C65H84N8O17/c1-9-13-44-31-47-37-67-50-35-55(53(82-7)33-48(50)62(78)71(47)38-44)88-21-12-22-89-56-36-51-49(34-54(56)83-8)63(79)72-39-45(14-10-2)32-52(72)64(80)73(51)65(81)90-40-43-15-17-46(18-16-43)69-60(76)42(6)68-61(77)59(41(4)5)70-58(75)19-23-84-25-27-86-29-30-87-28-26-85-24-20-66-57(74)11-3/h9-10,13-18,33-39,41-42,47,52,59,64,80H,11-12,19-32,40H2,1-8H3,(H,66,74)(H,68,77)(H,69,76)(H,70,75)/b13-9+,14-10+/t42?,47?,52-,59+,64?/m1/s1. The predicted octanol–water partition coefficient (Wildman–Crippen LogP) is 6.66. The molecule has 3 aromatic carbocycles. The van der Waals surface area contributed by atoms with E-state index < -0.39 is 54.1 Å². The SMILES string of the molecule is C/C=C/C1=CN2C(=O)c3cc(OC)c(OCCCOc4cc5c(cc4OC)C(=O)N4C=C(/C=C/C)C[C@@H]4C(O)N5C(=O)OCc4ccc(NC(=O)C(C)NC(=O)[C@@H](NC(=O)CCOCCOCCOCCOCCNC(=O)CC)C(C)C)cc4)cc3N=CC2C1. The number of aliphatic imine (C=N–C) groups is 1. The fourth-order valence-electron chi connectivity index (χ4n) is 10.1. The van der Waals surface area contributed by atoms with E-state index in [1.54, 1.807) is 74.5 Å². The van der Waals surface area contributed by atoms with Crippen LogP contribution in [0.25, 0.3) is 0 Å². The normalized spacial score (nSPS) is 17.4. The van der Waals surface area contributed by atoms with Crippen LogP contribution in [0.4, 0.5) is 21.9 Å². The van der Waals surface area contributed by atoms with Crippen LogP contribution < -0.4 is 45.1 Å². The molecule has 25 heteroatoms. The first-order chi connectivity index (χ1) is 43.5. The summed E-state index contributed by atoms with van der Waals surface area (Å²) in [6.07, 6.45) is 11.9. The van der Waals surface area contributed by atoms with Crippen LogP contribution in [-0.2, 0) is 49.5 Å². The third kappa shape index (κ3) is 18.7. The van der Waals surface area contributed by atoms with E-state index in [1.165, 1.54) is 38.2 Å². The summed E-state index contributed by atoms with van der Waals surface area (Å²) in [5.74, 6) is -1.40. The van der Waals surface area contributed by atoms with E-state index in [1.807, 2.05) is 44.4 Å². The number of nitrogens with zero attached hydrogens (tertiary/aromatic N) is 4. The second-order valence-electron chi connectivity index (χ2n) is 21.7. The predicted molar refractivity (Wildman–Crippen MR) is 334 cm³/mol. The number of carbonyl (C=O) groups excluding carboxylic acids is 7. The van der Waals surface area contributed by atoms with Gasteiger partial charge >= 0.3 is 6.09 Å². The summed E-state index contributed by atoms with van der Waals surface area (Å²) in [6.45, 7) is 13.6. The van der Waals surface area contributed by atoms with Gasteiger partial charge in [0.2, 0.25) is 23.6 Å². The van der Waals surface area contributed by atoms with Gasteiger partial charge in [0.25, 0.3) is 11.8 Å². The minimum absolute atomic E-state index is 0.00228. The first-order valence-electron chi connectivity index (χ1n) is 30.3. The van der Waals surface area contributed by atoms with Gasteiger partial charge in [-0.25, -0.2) is 9.69 Å². The Hall–Kier alpha value is -8.62. The maximum absolute atomic E-state index is 14.4. The van der Waals surface area contributed by atoms with Gasteiger partial charge in [-0.15, -0.1) is 0 Å². The Morgan fingerprint density at radius 1 is 0.689 bits per heavy atom. The average molecular weight is 1250 g/mol. The van der Waals surface area contributed by atoms with Crippen molar-refractivity contribution in [3.8, 4) is 23.0 Å². The fourth-order valence-corrected chi connectivity index (χ4v) is 10.1. The van der Waals surface area contributed by atoms with Gasteiger partial charge < -0.3 is 78.8 Å². The molecule has 0 fully saturated rings. The highest BCUT2D eigenvalue weighted by Gasteiger charge is 2.45. The van der Waals surface area contributed by atoms with Crippen molar-refractivity contribution >= 4 is 64.8 Å². The van der Waals surface area contributed by atoms with E-state index in [9.17, 15) is 38.7 Å². The van der Waals surface area contributed by atoms with Gasteiger partial charge in [0.05, 0.1) is 115 Å². The van der Waals surface area contributed by atoms with Crippen LogP contribution in [0.5, 0.6) is 23.0 Å². The number of carbonyl (C=O) groups is 7. The first-order valence-corrected chi connectivity index (χ1v) is 30.3. The summed E-state index contributed by atoms with van der Waals surface area (Å²) in [5, 5.41) is 23.0. The van der Waals surface area contributed by atoms with Gasteiger partial charge in [0.15, 0.2) is 29.2 Å². The highest BCUT2D eigenvalue weighted by molar-refractivity contribution is 6.07. The Kier molecular flexibility index (Phi) is 26.3. The second-order valence-corrected chi connectivity index (χ2v) is 21.7. The maximum atomic E-state index is 14.4. The summed E-state index contributed by atoms with van der Waals surface area (Å²) < 4.78 is 51.4. The quantitative estimate of drug-likeness (QED) is 0.0391. The average Bonchev–Trinajstić information content (AvgIpc) is 1.62. The molecule has 7 rings (SSSR count). The van der Waals surface area contributed by atoms with Crippen molar-refractivity contribution < 1.29 is 81.3 Å². The molecule has 0 saturated heterocycles. The molecule has 0 spiro atoms. The summed E-state index contributed by atoms with van der Waals surface area (Å²) >= 11 is 0. The highest BCUT2D eigenvalue weighted by Crippen LogP contribution is 2.43. The van der Waals surface area contributed by atoms with Crippen LogP contribution in [0, 0.1) is 5.92 Å². The number of aliphatic hydroxyl groups is 1. The molecule has 5 atom stereocenters. The number of hydrogen-bond acceptors (Lipinski definition) is 18. The van der Waals surface area contributed by atoms with Crippen LogP contribution >= 0.6 is 0 Å². The lowest BCUT2D eigenvalue weighted by atomic mass is 10.0. The lowest BCUT2D eigenvalue weighted by molar-refractivity contribution is -0.132. The number of methoxy groups -OCH3 is 2. The number of benzene rings is 3. The van der Waals surface area contributed by atoms with E-state index in [0.717, 1.165) is 16.0 Å². The third-order valence-corrected chi connectivity index (χ3v) is 14.8. The fraction of sp³-hybridized carbons (Fsp3) is 0.477. The Morgan fingerprint density at radius 2 is 1.28 bits per heavy atom. The van der Waals surface area contributed by atoms with Crippen LogP contribution in [0.1, 0.15) is 99.9 Å². The Bertz CT molecular complexity index is 3160. The topological polar surface area (TPSA) is 293 Å². The van der Waals surface area contributed by atoms with E-state index in [4.69, 9.17) is 42.6 Å². The molecule has 3 aromatic rings. The van der Waals surface area contributed by atoms with Crippen molar-refractivity contribution in [3.05, 3.63) is 113 Å². The number of rotatable bonds is 34. The molecule has 4 aliphatic rings. The molecule has 90 heavy (non-hydrogen) atoms. The Morgan fingerprint density at radius 3 is 1.90 bits per heavy atom. The molecule has 4 aliphatic heterocycles. The van der Waals surface area contributed by atoms with Crippen LogP contribution in [0.3, 0.4) is 0 Å². The van der Waals surface area contributed by atoms with E-state index in [2.05, 4.69) is 26.3 Å². The van der Waals surface area contributed by atoms with Crippen molar-refractivity contribution in [3.63, 3.8) is 0 Å². The number of anilines is 2. The van der Waals surface area contributed by atoms with E-state index in [-0.39, 0.29) is 92.4 Å². The lowest BCUT2D eigenvalue weighted by Gasteiger charge is -2.31. The molecule has 4 heterocycles. The minimum Gasteiger partial charge on any atom is -0.493 e. The molecule has 0 aromatic heterocycles. The molecular weight excluding hydrogens is 1160 g/mol. The smallest absolute Gasteiger partial charge is 0.416 e. The molecule has 0 radical (unpaired) electrons. The monoisotopic (exact) mass is 1250 g/mol. The van der Waals surface area contributed by atoms with Crippen molar-refractivity contribution in [1.82, 2.24) is 25.8 Å². The van der Waals surface area contributed by atoms with Gasteiger partial charge in [-0.2, -0.15) is 0 Å². The van der Waals surface area contributed by atoms with Gasteiger partial charge in [-0.3, -0.25) is 33.8 Å². The zero-order valence-electron chi connectivity index (χ0n) is 52.4. The summed E-state index contributed by atoms with van der Waals surface area (Å²) in [5.41, 5.74) is 3.59. The maximum Gasteiger partial charge on any atom is 0.416 e. The molecule has 7 amide bonds. The second kappa shape index (κ2) is 34.4. The van der Waals surface area contributed by atoms with Crippen molar-refractivity contribution in [1.29, 1.82) is 0 Å². The molecule has 3 unspecified atom stereocenters. The molecule has 0 bridgehead atoms. The number of hydrogen-bond donors (Lipinski definition) is 5. The van der Waals surface area contributed by atoms with Gasteiger partial charge in [0.1, 0.15) is 18.7 Å². The zero-order valence-corrected chi connectivity index (χ0v) is 52.4. The number of aliphatic hydroxyl groups excluding tert-OH is 1. The third-order valence-electron chi connectivity index (χ3n) is 14.8. The number of nitrogens with one attached hydrogen (secondary N) is 4. The van der Waals surface area contributed by atoms with Gasteiger partial charge in [-0.1, -0.05) is 57.2 Å². The number of ether oxygens (including phenoxy) is 9. The Labute approximate surface area is 524 Å². The lowest BCUT2D eigenvalue weighted by Crippen LogP contribution is -2.53. The largest absolute Gasteiger partial charge is 0.493 e. The van der Waals surface area contributed by atoms with Crippen LogP contribution in [0.2, 0.25) is 0 Å². The molecule has 5 N–H and O–H groups in total. The molecule has 25 nitrogen and oxygen atoms in total. The van der Waals surface area contributed by atoms with Crippen molar-refractivity contribution in [2.75, 3.05) is 97.0 Å². The molecule has 0 aliphatic carbocycles. The minimum atomic E-state index is -1.57.